The van der Waals surface area contributed by atoms with Crippen molar-refractivity contribution < 1.29 is 33.4 Å². The standard InChI is InChI=1S/C27H34O7/c1-14(28)32-17-9-10-26(3)16(11-17)5-6-18-19-7-8-20(27(19,4)13-21(30)24(18)26)22-12-23(25(31)34-22)33-15(2)29/h12,16-19,24H,5-11,13H2,1-4H3/t16?,17?,18-,19-,24+,26-,27-/m0/s1. The average Bonchev–Trinajstić information content (AvgIpc) is 3.26. The Kier molecular flexibility index (Phi) is 5.53. The Morgan fingerprint density at radius 1 is 1.06 bits per heavy atom. The summed E-state index contributed by atoms with van der Waals surface area (Å²) in [7, 11) is 0. The van der Waals surface area contributed by atoms with Gasteiger partial charge in [-0.3, -0.25) is 14.4 Å². The molecular formula is C27H34O7. The molecule has 184 valence electrons. The lowest BCUT2D eigenvalue weighted by Crippen LogP contribution is -2.57. The van der Waals surface area contributed by atoms with Gasteiger partial charge in [-0.1, -0.05) is 13.8 Å². The van der Waals surface area contributed by atoms with Gasteiger partial charge in [0.05, 0.1) is 0 Å². The normalized spacial score (nSPS) is 43.3. The smallest absolute Gasteiger partial charge is 0.379 e. The predicted molar refractivity (Wildman–Crippen MR) is 121 cm³/mol. The van der Waals surface area contributed by atoms with E-state index < -0.39 is 11.9 Å². The summed E-state index contributed by atoms with van der Waals surface area (Å²) in [6.45, 7) is 7.16. The van der Waals surface area contributed by atoms with Gasteiger partial charge < -0.3 is 14.2 Å². The maximum Gasteiger partial charge on any atom is 0.379 e. The van der Waals surface area contributed by atoms with Gasteiger partial charge in [0, 0.05) is 37.7 Å². The number of carbonyl (C=O) groups excluding carboxylic acids is 4. The number of rotatable bonds is 2. The average molecular weight is 471 g/mol. The number of esters is 3. The summed E-state index contributed by atoms with van der Waals surface area (Å²) < 4.78 is 16.1. The van der Waals surface area contributed by atoms with Crippen molar-refractivity contribution in [3.63, 3.8) is 0 Å². The second-order valence-corrected chi connectivity index (χ2v) is 11.5. The molecule has 7 atom stereocenters. The highest BCUT2D eigenvalue weighted by molar-refractivity contribution is 5.93. The maximum absolute atomic E-state index is 13.8. The third kappa shape index (κ3) is 3.54. The van der Waals surface area contributed by atoms with Crippen molar-refractivity contribution in [3.8, 4) is 0 Å². The fourth-order valence-electron chi connectivity index (χ4n) is 8.33. The number of ether oxygens (including phenoxy) is 3. The second kappa shape index (κ2) is 8.06. The quantitative estimate of drug-likeness (QED) is 0.436. The van der Waals surface area contributed by atoms with Crippen LogP contribution < -0.4 is 0 Å². The monoisotopic (exact) mass is 470 g/mol. The second-order valence-electron chi connectivity index (χ2n) is 11.5. The van der Waals surface area contributed by atoms with Crippen molar-refractivity contribution in [1.29, 1.82) is 0 Å². The van der Waals surface area contributed by atoms with Crippen LogP contribution in [0.4, 0.5) is 0 Å². The Morgan fingerprint density at radius 2 is 1.82 bits per heavy atom. The van der Waals surface area contributed by atoms with Gasteiger partial charge in [-0.15, -0.1) is 0 Å². The molecule has 0 aromatic rings. The predicted octanol–water partition coefficient (Wildman–Crippen LogP) is 4.40. The number of fused-ring (bicyclic) bond motifs is 5. The molecule has 1 heterocycles. The van der Waals surface area contributed by atoms with E-state index in [-0.39, 0.29) is 34.6 Å². The zero-order chi connectivity index (χ0) is 24.4. The molecule has 0 N–H and O–H groups in total. The lowest BCUT2D eigenvalue weighted by molar-refractivity contribution is -0.166. The number of carbonyl (C=O) groups is 4. The molecule has 0 bridgehead atoms. The molecule has 34 heavy (non-hydrogen) atoms. The van der Waals surface area contributed by atoms with Crippen LogP contribution in [0.5, 0.6) is 0 Å². The third-order valence-electron chi connectivity index (χ3n) is 9.64. The minimum absolute atomic E-state index is 0.0326. The molecule has 7 nitrogen and oxygen atoms in total. The van der Waals surface area contributed by atoms with Crippen LogP contribution in [-0.4, -0.2) is 29.8 Å². The SMILES string of the molecule is CC(=O)OC1=CC(=C2CC[C@H]3[C@@H]4CCC5CC(OC(C)=O)CC[C@]5(C)[C@H]4C(=O)C[C@]23C)OC1=O. The number of hydrogen-bond acceptors (Lipinski definition) is 7. The Bertz CT molecular complexity index is 1020. The Hall–Kier alpha value is -2.44. The van der Waals surface area contributed by atoms with E-state index in [1.807, 2.05) is 0 Å². The van der Waals surface area contributed by atoms with Crippen molar-refractivity contribution in [1.82, 2.24) is 0 Å². The molecule has 0 aromatic heterocycles. The molecule has 5 aliphatic rings. The van der Waals surface area contributed by atoms with E-state index in [4.69, 9.17) is 14.2 Å². The summed E-state index contributed by atoms with van der Waals surface area (Å²) in [5, 5.41) is 0. The highest BCUT2D eigenvalue weighted by Crippen LogP contribution is 2.67. The summed E-state index contributed by atoms with van der Waals surface area (Å²) in [4.78, 5) is 48.9. The summed E-state index contributed by atoms with van der Waals surface area (Å²) in [5.41, 5.74) is 0.593. The van der Waals surface area contributed by atoms with E-state index in [1.165, 1.54) is 19.9 Å². The highest BCUT2D eigenvalue weighted by atomic mass is 16.6. The Labute approximate surface area is 200 Å². The van der Waals surface area contributed by atoms with Crippen LogP contribution in [0.2, 0.25) is 0 Å². The largest absolute Gasteiger partial charge is 0.463 e. The molecule has 0 spiro atoms. The van der Waals surface area contributed by atoms with Crippen LogP contribution in [0.1, 0.15) is 79.1 Å². The fraction of sp³-hybridized carbons (Fsp3) is 0.704. The van der Waals surface area contributed by atoms with Gasteiger partial charge in [0.15, 0.2) is 0 Å². The lowest BCUT2D eigenvalue weighted by Gasteiger charge is -2.59. The van der Waals surface area contributed by atoms with Crippen molar-refractivity contribution >= 4 is 23.7 Å². The summed E-state index contributed by atoms with van der Waals surface area (Å²) in [6, 6.07) is 0. The zero-order valence-corrected chi connectivity index (χ0v) is 20.5. The molecule has 0 amide bonds. The van der Waals surface area contributed by atoms with Gasteiger partial charge in [0.1, 0.15) is 17.6 Å². The molecule has 4 aliphatic carbocycles. The van der Waals surface area contributed by atoms with Crippen molar-refractivity contribution in [2.45, 2.75) is 85.2 Å². The van der Waals surface area contributed by atoms with E-state index in [2.05, 4.69) is 13.8 Å². The first-order valence-electron chi connectivity index (χ1n) is 12.6. The molecule has 7 heteroatoms. The van der Waals surface area contributed by atoms with Crippen LogP contribution >= 0.6 is 0 Å². The van der Waals surface area contributed by atoms with Crippen molar-refractivity contribution in [2.75, 3.05) is 0 Å². The topological polar surface area (TPSA) is 96.0 Å². The van der Waals surface area contributed by atoms with Crippen LogP contribution in [-0.2, 0) is 33.4 Å². The van der Waals surface area contributed by atoms with Crippen molar-refractivity contribution in [3.05, 3.63) is 23.2 Å². The molecule has 2 unspecified atom stereocenters. The minimum atomic E-state index is -0.651. The van der Waals surface area contributed by atoms with Gasteiger partial charge in [-0.05, 0) is 73.7 Å². The van der Waals surface area contributed by atoms with Crippen molar-refractivity contribution in [2.24, 2.45) is 34.5 Å². The number of Topliss-reactive ketones (excluding diaryl/α,β-unsaturated/α-hetero) is 1. The summed E-state index contributed by atoms with van der Waals surface area (Å²) in [5.74, 6) is 0.341. The first-order chi connectivity index (χ1) is 16.0. The van der Waals surface area contributed by atoms with E-state index in [9.17, 15) is 19.2 Å². The van der Waals surface area contributed by atoms with E-state index in [0.717, 1.165) is 50.5 Å². The third-order valence-corrected chi connectivity index (χ3v) is 9.64. The number of cyclic esters (lactones) is 1. The minimum Gasteiger partial charge on any atom is -0.463 e. The molecule has 4 fully saturated rings. The number of ketones is 1. The molecule has 0 radical (unpaired) electrons. The maximum atomic E-state index is 13.8. The first kappa shape index (κ1) is 23.3. The van der Waals surface area contributed by atoms with Gasteiger partial charge >= 0.3 is 17.9 Å². The fourth-order valence-corrected chi connectivity index (χ4v) is 8.33. The summed E-state index contributed by atoms with van der Waals surface area (Å²) >= 11 is 0. The highest BCUT2D eigenvalue weighted by Gasteiger charge is 2.63. The van der Waals surface area contributed by atoms with E-state index >= 15 is 0 Å². The first-order valence-corrected chi connectivity index (χ1v) is 12.6. The molecular weight excluding hydrogens is 436 g/mol. The van der Waals surface area contributed by atoms with E-state index in [1.54, 1.807) is 0 Å². The molecule has 1 aliphatic heterocycles. The van der Waals surface area contributed by atoms with E-state index in [0.29, 0.717) is 35.7 Å². The Morgan fingerprint density at radius 3 is 2.53 bits per heavy atom. The molecule has 4 saturated carbocycles. The van der Waals surface area contributed by atoms with Crippen LogP contribution in [0, 0.1) is 34.5 Å². The van der Waals surface area contributed by atoms with Gasteiger partial charge in [0.25, 0.3) is 0 Å². The molecule has 5 rings (SSSR count). The summed E-state index contributed by atoms with van der Waals surface area (Å²) in [6.07, 6.45) is 8.31. The lowest BCUT2D eigenvalue weighted by atomic mass is 9.44. The van der Waals surface area contributed by atoms with Gasteiger partial charge in [-0.2, -0.15) is 0 Å². The van der Waals surface area contributed by atoms with Crippen LogP contribution in [0.25, 0.3) is 0 Å². The molecule has 0 aromatic carbocycles. The van der Waals surface area contributed by atoms with Crippen LogP contribution in [0.3, 0.4) is 0 Å². The number of allylic oxidation sites excluding steroid dienone is 2. The molecule has 0 saturated heterocycles. The van der Waals surface area contributed by atoms with Crippen LogP contribution in [0.15, 0.2) is 23.2 Å². The van der Waals surface area contributed by atoms with Gasteiger partial charge in [0.2, 0.25) is 5.76 Å². The zero-order valence-electron chi connectivity index (χ0n) is 20.5. The van der Waals surface area contributed by atoms with Gasteiger partial charge in [-0.25, -0.2) is 4.79 Å². The Balaban J connectivity index is 1.42. The number of hydrogen-bond donors (Lipinski definition) is 0.